The SMILES string of the molecule is COc1ccc(-c2noc(-c3ccc(OC)cc3)c2C)cc1. The molecule has 0 unspecified atom stereocenters. The van der Waals surface area contributed by atoms with E-state index in [0.717, 1.165) is 39.6 Å². The average molecular weight is 295 g/mol. The van der Waals surface area contributed by atoms with Crippen LogP contribution in [0.1, 0.15) is 5.56 Å². The molecule has 0 aliphatic carbocycles. The summed E-state index contributed by atoms with van der Waals surface area (Å²) in [4.78, 5) is 0. The number of hydrogen-bond acceptors (Lipinski definition) is 4. The minimum atomic E-state index is 0.772. The van der Waals surface area contributed by atoms with Crippen LogP contribution in [0.15, 0.2) is 53.1 Å². The van der Waals surface area contributed by atoms with Crippen molar-refractivity contribution in [2.45, 2.75) is 6.92 Å². The Kier molecular flexibility index (Phi) is 3.83. The summed E-state index contributed by atoms with van der Waals surface area (Å²) in [5.74, 6) is 2.41. The molecule has 0 radical (unpaired) electrons. The van der Waals surface area contributed by atoms with E-state index in [-0.39, 0.29) is 0 Å². The second-order valence-corrected chi connectivity index (χ2v) is 4.94. The summed E-state index contributed by atoms with van der Waals surface area (Å²) in [6.07, 6.45) is 0. The van der Waals surface area contributed by atoms with Crippen LogP contribution in [0.3, 0.4) is 0 Å². The summed E-state index contributed by atoms with van der Waals surface area (Å²) in [7, 11) is 3.30. The van der Waals surface area contributed by atoms with Crippen molar-refractivity contribution in [1.82, 2.24) is 5.16 Å². The Morgan fingerprint density at radius 2 is 1.27 bits per heavy atom. The predicted molar refractivity (Wildman–Crippen MR) is 85.2 cm³/mol. The maximum atomic E-state index is 5.54. The van der Waals surface area contributed by atoms with Crippen LogP contribution in [0.5, 0.6) is 11.5 Å². The molecule has 22 heavy (non-hydrogen) atoms. The first kappa shape index (κ1) is 14.2. The van der Waals surface area contributed by atoms with Crippen molar-refractivity contribution >= 4 is 0 Å². The van der Waals surface area contributed by atoms with Gasteiger partial charge in [-0.15, -0.1) is 0 Å². The van der Waals surface area contributed by atoms with Crippen LogP contribution >= 0.6 is 0 Å². The quantitative estimate of drug-likeness (QED) is 0.718. The molecule has 1 aromatic heterocycles. The predicted octanol–water partition coefficient (Wildman–Crippen LogP) is 4.33. The fraction of sp³-hybridized carbons (Fsp3) is 0.167. The Bertz CT molecular complexity index is 693. The summed E-state index contributed by atoms with van der Waals surface area (Å²) < 4.78 is 15.9. The van der Waals surface area contributed by atoms with Crippen LogP contribution in [0.2, 0.25) is 0 Å². The van der Waals surface area contributed by atoms with E-state index >= 15 is 0 Å². The van der Waals surface area contributed by atoms with E-state index in [4.69, 9.17) is 14.0 Å². The van der Waals surface area contributed by atoms with E-state index in [1.54, 1.807) is 14.2 Å². The van der Waals surface area contributed by atoms with Crippen molar-refractivity contribution in [2.24, 2.45) is 0 Å². The minimum Gasteiger partial charge on any atom is -0.497 e. The fourth-order valence-electron chi connectivity index (χ4n) is 2.37. The molecule has 2 aromatic carbocycles. The number of nitrogens with zero attached hydrogens (tertiary/aromatic N) is 1. The zero-order valence-corrected chi connectivity index (χ0v) is 12.8. The number of hydrogen-bond donors (Lipinski definition) is 0. The molecule has 0 aliphatic heterocycles. The van der Waals surface area contributed by atoms with Gasteiger partial charge in [-0.25, -0.2) is 0 Å². The molecule has 4 heteroatoms. The fourth-order valence-corrected chi connectivity index (χ4v) is 2.37. The Labute approximate surface area is 129 Å². The molecule has 0 spiro atoms. The molecule has 0 aliphatic rings. The molecular weight excluding hydrogens is 278 g/mol. The first-order valence-corrected chi connectivity index (χ1v) is 6.98. The highest BCUT2D eigenvalue weighted by Gasteiger charge is 2.15. The van der Waals surface area contributed by atoms with Gasteiger partial charge in [-0.3, -0.25) is 0 Å². The molecule has 112 valence electrons. The molecule has 0 saturated carbocycles. The highest BCUT2D eigenvalue weighted by Crippen LogP contribution is 2.32. The Morgan fingerprint density at radius 1 is 0.773 bits per heavy atom. The lowest BCUT2D eigenvalue weighted by Gasteiger charge is -2.02. The van der Waals surface area contributed by atoms with E-state index in [1.807, 2.05) is 55.5 Å². The molecule has 3 aromatic rings. The Balaban J connectivity index is 1.96. The van der Waals surface area contributed by atoms with Crippen molar-refractivity contribution in [3.8, 4) is 34.1 Å². The van der Waals surface area contributed by atoms with Gasteiger partial charge >= 0.3 is 0 Å². The van der Waals surface area contributed by atoms with Crippen molar-refractivity contribution in [3.63, 3.8) is 0 Å². The minimum absolute atomic E-state index is 0.772. The normalized spacial score (nSPS) is 10.5. The number of rotatable bonds is 4. The lowest BCUT2D eigenvalue weighted by molar-refractivity contribution is 0.414. The lowest BCUT2D eigenvalue weighted by atomic mass is 10.0. The highest BCUT2D eigenvalue weighted by molar-refractivity contribution is 5.72. The Morgan fingerprint density at radius 3 is 1.77 bits per heavy atom. The van der Waals surface area contributed by atoms with Gasteiger partial charge in [-0.2, -0.15) is 0 Å². The standard InChI is InChI=1S/C18H17NO3/c1-12-17(13-4-8-15(20-2)9-5-13)19-22-18(12)14-6-10-16(21-3)11-7-14/h4-11H,1-3H3. The third-order valence-electron chi connectivity index (χ3n) is 3.64. The molecule has 0 fully saturated rings. The molecule has 0 N–H and O–H groups in total. The van der Waals surface area contributed by atoms with Gasteiger partial charge in [-0.05, 0) is 55.5 Å². The number of ether oxygens (including phenoxy) is 2. The molecule has 4 nitrogen and oxygen atoms in total. The van der Waals surface area contributed by atoms with Crippen LogP contribution in [0, 0.1) is 6.92 Å². The molecule has 1 heterocycles. The van der Waals surface area contributed by atoms with E-state index in [1.165, 1.54) is 0 Å². The van der Waals surface area contributed by atoms with E-state index in [2.05, 4.69) is 5.16 Å². The second kappa shape index (κ2) is 5.93. The molecule has 3 rings (SSSR count). The lowest BCUT2D eigenvalue weighted by Crippen LogP contribution is -1.85. The maximum absolute atomic E-state index is 5.54. The smallest absolute Gasteiger partial charge is 0.170 e. The summed E-state index contributed by atoms with van der Waals surface area (Å²) in [5, 5.41) is 4.21. The molecule has 0 bridgehead atoms. The Hall–Kier alpha value is -2.75. The van der Waals surface area contributed by atoms with E-state index in [9.17, 15) is 0 Å². The first-order valence-electron chi connectivity index (χ1n) is 6.98. The summed E-state index contributed by atoms with van der Waals surface area (Å²) in [6, 6.07) is 15.5. The number of methoxy groups -OCH3 is 2. The van der Waals surface area contributed by atoms with Gasteiger partial charge in [0.05, 0.1) is 14.2 Å². The van der Waals surface area contributed by atoms with Gasteiger partial charge in [-0.1, -0.05) is 5.16 Å². The summed E-state index contributed by atoms with van der Waals surface area (Å²) >= 11 is 0. The van der Waals surface area contributed by atoms with E-state index < -0.39 is 0 Å². The monoisotopic (exact) mass is 295 g/mol. The zero-order valence-electron chi connectivity index (χ0n) is 12.8. The molecule has 0 atom stereocenters. The van der Waals surface area contributed by atoms with Gasteiger partial charge in [0.2, 0.25) is 0 Å². The number of benzene rings is 2. The average Bonchev–Trinajstić information content (AvgIpc) is 2.96. The van der Waals surface area contributed by atoms with Crippen LogP contribution < -0.4 is 9.47 Å². The number of aromatic nitrogens is 1. The van der Waals surface area contributed by atoms with E-state index in [0.29, 0.717) is 0 Å². The second-order valence-electron chi connectivity index (χ2n) is 4.94. The molecule has 0 saturated heterocycles. The van der Waals surface area contributed by atoms with Crippen LogP contribution in [-0.4, -0.2) is 19.4 Å². The highest BCUT2D eigenvalue weighted by atomic mass is 16.5. The van der Waals surface area contributed by atoms with Crippen molar-refractivity contribution in [3.05, 3.63) is 54.1 Å². The molecule has 0 amide bonds. The van der Waals surface area contributed by atoms with Crippen LogP contribution in [-0.2, 0) is 0 Å². The topological polar surface area (TPSA) is 44.5 Å². The van der Waals surface area contributed by atoms with Gasteiger partial charge in [0.25, 0.3) is 0 Å². The van der Waals surface area contributed by atoms with Gasteiger partial charge in [0.1, 0.15) is 17.2 Å². The third kappa shape index (κ3) is 2.55. The van der Waals surface area contributed by atoms with Crippen molar-refractivity contribution in [2.75, 3.05) is 14.2 Å². The maximum Gasteiger partial charge on any atom is 0.170 e. The largest absolute Gasteiger partial charge is 0.497 e. The van der Waals surface area contributed by atoms with Crippen LogP contribution in [0.4, 0.5) is 0 Å². The first-order chi connectivity index (χ1) is 10.7. The van der Waals surface area contributed by atoms with Gasteiger partial charge < -0.3 is 14.0 Å². The summed E-state index contributed by atoms with van der Waals surface area (Å²) in [5.41, 5.74) is 3.83. The van der Waals surface area contributed by atoms with Crippen molar-refractivity contribution < 1.29 is 14.0 Å². The zero-order chi connectivity index (χ0) is 15.5. The molecular formula is C18H17NO3. The van der Waals surface area contributed by atoms with Gasteiger partial charge in [0, 0.05) is 16.7 Å². The van der Waals surface area contributed by atoms with Crippen LogP contribution in [0.25, 0.3) is 22.6 Å². The summed E-state index contributed by atoms with van der Waals surface area (Å²) in [6.45, 7) is 2.01. The third-order valence-corrected chi connectivity index (χ3v) is 3.64. The van der Waals surface area contributed by atoms with Crippen molar-refractivity contribution in [1.29, 1.82) is 0 Å². The van der Waals surface area contributed by atoms with Gasteiger partial charge in [0.15, 0.2) is 5.76 Å².